The molecule has 1 aliphatic heterocycles. The lowest BCUT2D eigenvalue weighted by molar-refractivity contribution is -0.117. The summed E-state index contributed by atoms with van der Waals surface area (Å²) < 4.78 is 0. The second-order valence-corrected chi connectivity index (χ2v) is 4.20. The summed E-state index contributed by atoms with van der Waals surface area (Å²) >= 11 is 0. The molecule has 1 heterocycles. The lowest BCUT2D eigenvalue weighted by Gasteiger charge is -2.16. The van der Waals surface area contributed by atoms with E-state index in [1.807, 2.05) is 0 Å². The quantitative estimate of drug-likeness (QED) is 0.789. The van der Waals surface area contributed by atoms with Crippen LogP contribution >= 0.6 is 0 Å². The van der Waals surface area contributed by atoms with E-state index >= 15 is 0 Å². The zero-order valence-corrected chi connectivity index (χ0v) is 9.64. The van der Waals surface area contributed by atoms with Gasteiger partial charge in [-0.25, -0.2) is 0 Å². The van der Waals surface area contributed by atoms with Gasteiger partial charge in [0.1, 0.15) is 0 Å². The van der Waals surface area contributed by atoms with Gasteiger partial charge in [-0.15, -0.1) is 0 Å². The highest BCUT2D eigenvalue weighted by molar-refractivity contribution is 5.96. The first-order chi connectivity index (χ1) is 8.06. The maximum atomic E-state index is 11.6. The molecule has 1 saturated heterocycles. The third-order valence-electron chi connectivity index (χ3n) is 2.65. The Morgan fingerprint density at radius 2 is 2.06 bits per heavy atom. The molecule has 0 aromatic heterocycles. The molecule has 1 unspecified atom stereocenters. The molecule has 5 heteroatoms. The fourth-order valence-electron chi connectivity index (χ4n) is 1.91. The van der Waals surface area contributed by atoms with Gasteiger partial charge in [-0.05, 0) is 24.3 Å². The Bertz CT molecular complexity index is 442. The van der Waals surface area contributed by atoms with E-state index in [-0.39, 0.29) is 17.9 Å². The van der Waals surface area contributed by atoms with Crippen molar-refractivity contribution >= 4 is 23.2 Å². The van der Waals surface area contributed by atoms with Gasteiger partial charge in [0, 0.05) is 37.3 Å². The minimum absolute atomic E-state index is 0.0461. The van der Waals surface area contributed by atoms with Crippen molar-refractivity contribution in [2.24, 2.45) is 5.73 Å². The smallest absolute Gasteiger partial charge is 0.228 e. The number of carbonyl (C=O) groups excluding carboxylic acids is 2. The molecule has 1 aliphatic rings. The minimum atomic E-state index is -0.114. The molecule has 0 saturated carbocycles. The number of benzene rings is 1. The Kier molecular flexibility index (Phi) is 3.10. The van der Waals surface area contributed by atoms with Gasteiger partial charge in [0.25, 0.3) is 0 Å². The summed E-state index contributed by atoms with van der Waals surface area (Å²) in [6.07, 6.45) is 0.396. The van der Waals surface area contributed by atoms with Crippen LogP contribution in [0.15, 0.2) is 24.3 Å². The summed E-state index contributed by atoms with van der Waals surface area (Å²) in [4.78, 5) is 24.2. The van der Waals surface area contributed by atoms with Crippen molar-refractivity contribution in [1.29, 1.82) is 0 Å². The summed E-state index contributed by atoms with van der Waals surface area (Å²) in [5.41, 5.74) is 7.27. The highest BCUT2D eigenvalue weighted by atomic mass is 16.2. The van der Waals surface area contributed by atoms with Gasteiger partial charge in [-0.3, -0.25) is 9.59 Å². The van der Waals surface area contributed by atoms with Gasteiger partial charge in [0.15, 0.2) is 0 Å². The van der Waals surface area contributed by atoms with Crippen molar-refractivity contribution in [3.05, 3.63) is 24.3 Å². The Hall–Kier alpha value is -1.88. The third-order valence-corrected chi connectivity index (χ3v) is 2.65. The van der Waals surface area contributed by atoms with Gasteiger partial charge in [0.2, 0.25) is 11.8 Å². The van der Waals surface area contributed by atoms with E-state index in [1.54, 1.807) is 29.2 Å². The summed E-state index contributed by atoms with van der Waals surface area (Å²) in [6, 6.07) is 7.07. The number of hydrogen-bond donors (Lipinski definition) is 2. The average Bonchev–Trinajstić information content (AvgIpc) is 2.58. The molecule has 3 N–H and O–H groups in total. The first-order valence-corrected chi connectivity index (χ1v) is 5.50. The van der Waals surface area contributed by atoms with Crippen LogP contribution in [0, 0.1) is 0 Å². The van der Waals surface area contributed by atoms with E-state index in [4.69, 9.17) is 5.73 Å². The normalized spacial score (nSPS) is 19.5. The van der Waals surface area contributed by atoms with Crippen molar-refractivity contribution in [2.45, 2.75) is 19.4 Å². The SMILES string of the molecule is CC(=O)Nc1ccc(N2CC(N)CC2=O)cc1. The summed E-state index contributed by atoms with van der Waals surface area (Å²) in [5.74, 6) is -0.0678. The molecular formula is C12H15N3O2. The van der Waals surface area contributed by atoms with E-state index < -0.39 is 0 Å². The Morgan fingerprint density at radius 3 is 2.53 bits per heavy atom. The zero-order valence-electron chi connectivity index (χ0n) is 9.64. The molecule has 17 heavy (non-hydrogen) atoms. The fourth-order valence-corrected chi connectivity index (χ4v) is 1.91. The molecule has 1 atom stereocenters. The summed E-state index contributed by atoms with van der Waals surface area (Å²) in [5, 5.41) is 2.68. The van der Waals surface area contributed by atoms with Crippen LogP contribution < -0.4 is 16.0 Å². The van der Waals surface area contributed by atoms with E-state index in [9.17, 15) is 9.59 Å². The number of rotatable bonds is 2. The van der Waals surface area contributed by atoms with Crippen LogP contribution in [0.1, 0.15) is 13.3 Å². The van der Waals surface area contributed by atoms with Crippen molar-refractivity contribution in [3.8, 4) is 0 Å². The van der Waals surface area contributed by atoms with Crippen LogP contribution in [0.2, 0.25) is 0 Å². The maximum Gasteiger partial charge on any atom is 0.228 e. The molecule has 1 fully saturated rings. The number of anilines is 2. The Labute approximate surface area is 99.6 Å². The van der Waals surface area contributed by atoms with Crippen LogP contribution in [-0.4, -0.2) is 24.4 Å². The van der Waals surface area contributed by atoms with Crippen molar-refractivity contribution < 1.29 is 9.59 Å². The van der Waals surface area contributed by atoms with E-state index in [0.717, 1.165) is 11.4 Å². The lowest BCUT2D eigenvalue weighted by atomic mass is 10.2. The van der Waals surface area contributed by atoms with Crippen LogP contribution in [-0.2, 0) is 9.59 Å². The van der Waals surface area contributed by atoms with E-state index in [2.05, 4.69) is 5.32 Å². The Balaban J connectivity index is 2.12. The van der Waals surface area contributed by atoms with E-state index in [0.29, 0.717) is 13.0 Å². The first kappa shape index (κ1) is 11.6. The van der Waals surface area contributed by atoms with Gasteiger partial charge >= 0.3 is 0 Å². The molecule has 0 bridgehead atoms. The molecule has 1 aromatic rings. The number of hydrogen-bond acceptors (Lipinski definition) is 3. The monoisotopic (exact) mass is 233 g/mol. The van der Waals surface area contributed by atoms with Crippen LogP contribution in [0.4, 0.5) is 11.4 Å². The lowest BCUT2D eigenvalue weighted by Crippen LogP contribution is -2.27. The molecule has 1 aromatic carbocycles. The third kappa shape index (κ3) is 2.62. The predicted octanol–water partition coefficient (Wildman–Crippen LogP) is 0.709. The standard InChI is InChI=1S/C12H15N3O2/c1-8(16)14-10-2-4-11(5-3-10)15-7-9(13)6-12(15)17/h2-5,9H,6-7,13H2,1H3,(H,14,16). The highest BCUT2D eigenvalue weighted by Gasteiger charge is 2.27. The Morgan fingerprint density at radius 1 is 1.41 bits per heavy atom. The molecule has 0 spiro atoms. The molecule has 2 amide bonds. The number of nitrogens with zero attached hydrogens (tertiary/aromatic N) is 1. The molecular weight excluding hydrogens is 218 g/mol. The number of nitrogens with one attached hydrogen (secondary N) is 1. The van der Waals surface area contributed by atoms with Crippen LogP contribution in [0.5, 0.6) is 0 Å². The molecule has 0 aliphatic carbocycles. The van der Waals surface area contributed by atoms with Gasteiger partial charge in [-0.2, -0.15) is 0 Å². The molecule has 90 valence electrons. The van der Waals surface area contributed by atoms with Gasteiger partial charge < -0.3 is 16.0 Å². The fraction of sp³-hybridized carbons (Fsp3) is 0.333. The average molecular weight is 233 g/mol. The molecule has 0 radical (unpaired) electrons. The largest absolute Gasteiger partial charge is 0.326 e. The number of carbonyl (C=O) groups is 2. The number of nitrogens with two attached hydrogens (primary N) is 1. The van der Waals surface area contributed by atoms with Crippen molar-refractivity contribution in [1.82, 2.24) is 0 Å². The predicted molar refractivity (Wildman–Crippen MR) is 65.7 cm³/mol. The molecule has 5 nitrogen and oxygen atoms in total. The number of amides is 2. The van der Waals surface area contributed by atoms with Crippen LogP contribution in [0.3, 0.4) is 0 Å². The van der Waals surface area contributed by atoms with Gasteiger partial charge in [-0.1, -0.05) is 0 Å². The minimum Gasteiger partial charge on any atom is -0.326 e. The summed E-state index contributed by atoms with van der Waals surface area (Å²) in [7, 11) is 0. The summed E-state index contributed by atoms with van der Waals surface area (Å²) in [6.45, 7) is 2.01. The first-order valence-electron chi connectivity index (χ1n) is 5.50. The van der Waals surface area contributed by atoms with E-state index in [1.165, 1.54) is 6.92 Å². The second kappa shape index (κ2) is 4.55. The second-order valence-electron chi connectivity index (χ2n) is 4.20. The van der Waals surface area contributed by atoms with Gasteiger partial charge in [0.05, 0.1) is 0 Å². The highest BCUT2D eigenvalue weighted by Crippen LogP contribution is 2.22. The zero-order chi connectivity index (χ0) is 12.4. The van der Waals surface area contributed by atoms with Crippen molar-refractivity contribution in [3.63, 3.8) is 0 Å². The van der Waals surface area contributed by atoms with Crippen molar-refractivity contribution in [2.75, 3.05) is 16.8 Å². The maximum absolute atomic E-state index is 11.6. The molecule has 2 rings (SSSR count). The topological polar surface area (TPSA) is 75.4 Å². The van der Waals surface area contributed by atoms with Crippen LogP contribution in [0.25, 0.3) is 0 Å².